The minimum absolute atomic E-state index is 0.588. The first-order chi connectivity index (χ1) is 7.61. The molecular formula is C13H28N2O. The van der Waals surface area contributed by atoms with Crippen LogP contribution in [-0.2, 0) is 4.74 Å². The lowest BCUT2D eigenvalue weighted by Crippen LogP contribution is -2.41. The molecule has 1 N–H and O–H groups in total. The lowest BCUT2D eigenvalue weighted by atomic mass is 10.2. The Morgan fingerprint density at radius 3 is 2.25 bits per heavy atom. The molecule has 0 bridgehead atoms. The van der Waals surface area contributed by atoms with Crippen molar-refractivity contribution in [1.82, 2.24) is 10.2 Å². The lowest BCUT2D eigenvalue weighted by molar-refractivity contribution is 0.119. The van der Waals surface area contributed by atoms with Crippen molar-refractivity contribution in [3.63, 3.8) is 0 Å². The summed E-state index contributed by atoms with van der Waals surface area (Å²) in [6.07, 6.45) is 3.13. The number of ether oxygens (including phenoxy) is 1. The van der Waals surface area contributed by atoms with E-state index in [1.165, 1.54) is 12.8 Å². The summed E-state index contributed by atoms with van der Waals surface area (Å²) in [4.78, 5) is 2.51. The molecule has 1 fully saturated rings. The van der Waals surface area contributed by atoms with Crippen LogP contribution < -0.4 is 5.32 Å². The second kappa shape index (κ2) is 7.25. The van der Waals surface area contributed by atoms with Crippen molar-refractivity contribution in [2.75, 3.05) is 26.2 Å². The number of nitrogens with zero attached hydrogens (tertiary/aromatic N) is 1. The molecule has 0 aromatic heterocycles. The van der Waals surface area contributed by atoms with E-state index in [0.717, 1.165) is 26.2 Å². The summed E-state index contributed by atoms with van der Waals surface area (Å²) in [5.41, 5.74) is 0. The monoisotopic (exact) mass is 228 g/mol. The molecule has 3 heteroatoms. The van der Waals surface area contributed by atoms with Crippen molar-refractivity contribution in [3.05, 3.63) is 0 Å². The van der Waals surface area contributed by atoms with Crippen LogP contribution in [0.25, 0.3) is 0 Å². The molecule has 16 heavy (non-hydrogen) atoms. The Morgan fingerprint density at radius 1 is 1.12 bits per heavy atom. The second-order valence-corrected chi connectivity index (χ2v) is 5.25. The predicted octanol–water partition coefficient (Wildman–Crippen LogP) is 1.87. The van der Waals surface area contributed by atoms with E-state index in [1.807, 2.05) is 0 Å². The van der Waals surface area contributed by atoms with Gasteiger partial charge in [-0.05, 0) is 40.5 Å². The third-order valence-corrected chi connectivity index (χ3v) is 3.03. The molecule has 0 heterocycles. The van der Waals surface area contributed by atoms with Gasteiger partial charge in [0.1, 0.15) is 0 Å². The van der Waals surface area contributed by atoms with Gasteiger partial charge in [0.25, 0.3) is 0 Å². The molecule has 1 aliphatic carbocycles. The van der Waals surface area contributed by atoms with Crippen LogP contribution in [0.15, 0.2) is 0 Å². The summed E-state index contributed by atoms with van der Waals surface area (Å²) in [5, 5.41) is 3.44. The molecule has 0 aromatic rings. The highest BCUT2D eigenvalue weighted by molar-refractivity contribution is 4.73. The van der Waals surface area contributed by atoms with Gasteiger partial charge in [-0.2, -0.15) is 0 Å². The normalized spacial score (nSPS) is 16.7. The first kappa shape index (κ1) is 13.9. The fourth-order valence-electron chi connectivity index (χ4n) is 1.98. The molecule has 1 saturated carbocycles. The second-order valence-electron chi connectivity index (χ2n) is 5.25. The summed E-state index contributed by atoms with van der Waals surface area (Å²) in [5.74, 6) is 0. The number of nitrogens with one attached hydrogen (secondary N) is 1. The van der Waals surface area contributed by atoms with Crippen LogP contribution >= 0.6 is 0 Å². The van der Waals surface area contributed by atoms with Gasteiger partial charge < -0.3 is 10.1 Å². The molecule has 96 valence electrons. The van der Waals surface area contributed by atoms with Crippen LogP contribution in [0.4, 0.5) is 0 Å². The maximum absolute atomic E-state index is 5.58. The molecule has 0 unspecified atom stereocenters. The Morgan fingerprint density at radius 2 is 1.75 bits per heavy atom. The molecule has 0 saturated heterocycles. The van der Waals surface area contributed by atoms with Crippen LogP contribution in [-0.4, -0.2) is 49.3 Å². The van der Waals surface area contributed by atoms with Crippen LogP contribution in [0.2, 0.25) is 0 Å². The fraction of sp³-hybridized carbons (Fsp3) is 1.00. The Bertz CT molecular complexity index is 171. The van der Waals surface area contributed by atoms with E-state index in [0.29, 0.717) is 18.2 Å². The van der Waals surface area contributed by atoms with Gasteiger partial charge in [-0.3, -0.25) is 4.90 Å². The zero-order chi connectivity index (χ0) is 12.0. The number of rotatable bonds is 9. The van der Waals surface area contributed by atoms with E-state index in [-0.39, 0.29) is 0 Å². The highest BCUT2D eigenvalue weighted by Crippen LogP contribution is 2.22. The molecule has 3 nitrogen and oxygen atoms in total. The number of hydrogen-bond donors (Lipinski definition) is 1. The quantitative estimate of drug-likeness (QED) is 0.610. The van der Waals surface area contributed by atoms with Crippen molar-refractivity contribution >= 4 is 0 Å². The van der Waals surface area contributed by atoms with E-state index in [4.69, 9.17) is 4.74 Å². The molecule has 0 atom stereocenters. The average Bonchev–Trinajstić information content (AvgIpc) is 2.99. The van der Waals surface area contributed by atoms with Crippen LogP contribution in [0.5, 0.6) is 0 Å². The van der Waals surface area contributed by atoms with Gasteiger partial charge in [-0.25, -0.2) is 0 Å². The average molecular weight is 228 g/mol. The molecule has 0 radical (unpaired) electrons. The van der Waals surface area contributed by atoms with Crippen molar-refractivity contribution in [2.45, 2.75) is 58.7 Å². The summed E-state index contributed by atoms with van der Waals surface area (Å²) in [6, 6.07) is 1.26. The van der Waals surface area contributed by atoms with E-state index < -0.39 is 0 Å². The number of hydrogen-bond acceptors (Lipinski definition) is 3. The van der Waals surface area contributed by atoms with Crippen LogP contribution in [0.3, 0.4) is 0 Å². The minimum Gasteiger partial charge on any atom is -0.377 e. The van der Waals surface area contributed by atoms with Gasteiger partial charge in [0.2, 0.25) is 0 Å². The van der Waals surface area contributed by atoms with Gasteiger partial charge >= 0.3 is 0 Å². The first-order valence-electron chi connectivity index (χ1n) is 6.69. The van der Waals surface area contributed by atoms with Crippen molar-refractivity contribution < 1.29 is 4.74 Å². The maximum atomic E-state index is 5.58. The summed E-state index contributed by atoms with van der Waals surface area (Å²) in [7, 11) is 0. The zero-order valence-corrected chi connectivity index (χ0v) is 11.3. The van der Waals surface area contributed by atoms with Crippen LogP contribution in [0, 0.1) is 0 Å². The highest BCUT2D eigenvalue weighted by Gasteiger charge is 2.21. The SMILES string of the molecule is CC(C)N(CCNCCOC1CC1)C(C)C. The van der Waals surface area contributed by atoms with Gasteiger partial charge in [-0.1, -0.05) is 0 Å². The van der Waals surface area contributed by atoms with E-state index in [1.54, 1.807) is 0 Å². The Kier molecular flexibility index (Phi) is 6.32. The smallest absolute Gasteiger partial charge is 0.0594 e. The first-order valence-corrected chi connectivity index (χ1v) is 6.69. The lowest BCUT2D eigenvalue weighted by Gasteiger charge is -2.30. The molecule has 1 rings (SSSR count). The Balaban J connectivity index is 1.94. The molecular weight excluding hydrogens is 200 g/mol. The van der Waals surface area contributed by atoms with Gasteiger partial charge in [0.05, 0.1) is 12.7 Å². The van der Waals surface area contributed by atoms with E-state index in [2.05, 4.69) is 37.9 Å². The summed E-state index contributed by atoms with van der Waals surface area (Å²) >= 11 is 0. The summed E-state index contributed by atoms with van der Waals surface area (Å²) < 4.78 is 5.58. The fourth-order valence-corrected chi connectivity index (χ4v) is 1.98. The molecule has 1 aliphatic rings. The standard InChI is InChI=1S/C13H28N2O/c1-11(2)15(12(3)4)9-7-14-8-10-16-13-5-6-13/h11-14H,5-10H2,1-4H3. The minimum atomic E-state index is 0.588. The van der Waals surface area contributed by atoms with Gasteiger partial charge in [-0.15, -0.1) is 0 Å². The van der Waals surface area contributed by atoms with Crippen molar-refractivity contribution in [2.24, 2.45) is 0 Å². The topological polar surface area (TPSA) is 24.5 Å². The Hall–Kier alpha value is -0.120. The predicted molar refractivity (Wildman–Crippen MR) is 68.8 cm³/mol. The van der Waals surface area contributed by atoms with Crippen LogP contribution in [0.1, 0.15) is 40.5 Å². The van der Waals surface area contributed by atoms with E-state index >= 15 is 0 Å². The zero-order valence-electron chi connectivity index (χ0n) is 11.3. The molecule has 0 aliphatic heterocycles. The third kappa shape index (κ3) is 5.83. The summed E-state index contributed by atoms with van der Waals surface area (Å²) in [6.45, 7) is 13.1. The molecule has 0 amide bonds. The van der Waals surface area contributed by atoms with Gasteiger partial charge in [0.15, 0.2) is 0 Å². The highest BCUT2D eigenvalue weighted by atomic mass is 16.5. The van der Waals surface area contributed by atoms with Gasteiger partial charge in [0, 0.05) is 31.7 Å². The molecule has 0 aromatic carbocycles. The molecule has 0 spiro atoms. The van der Waals surface area contributed by atoms with Crippen molar-refractivity contribution in [3.8, 4) is 0 Å². The van der Waals surface area contributed by atoms with Crippen molar-refractivity contribution in [1.29, 1.82) is 0 Å². The third-order valence-electron chi connectivity index (χ3n) is 3.03. The maximum Gasteiger partial charge on any atom is 0.0594 e. The van der Waals surface area contributed by atoms with E-state index in [9.17, 15) is 0 Å². The Labute approximate surface area is 101 Å². The largest absolute Gasteiger partial charge is 0.377 e.